The molecule has 0 aliphatic heterocycles. The van der Waals surface area contributed by atoms with Crippen molar-refractivity contribution >= 4 is 17.7 Å². The van der Waals surface area contributed by atoms with Crippen molar-refractivity contribution in [3.63, 3.8) is 0 Å². The summed E-state index contributed by atoms with van der Waals surface area (Å²) in [4.78, 5) is 23.9. The van der Waals surface area contributed by atoms with Gasteiger partial charge in [-0.05, 0) is 18.3 Å². The molecule has 0 heterocycles. The summed E-state index contributed by atoms with van der Waals surface area (Å²) in [6.07, 6.45) is 3.24. The SMILES string of the molecule is COC(=O)c1cc([N+](=O)[O-])c(/C=C/N(C)C)cc1OC. The lowest BCUT2D eigenvalue weighted by atomic mass is 10.1. The number of carbonyl (C=O) groups is 1. The molecule has 1 rings (SSSR count). The van der Waals surface area contributed by atoms with Crippen LogP contribution in [0.2, 0.25) is 0 Å². The van der Waals surface area contributed by atoms with E-state index in [1.807, 2.05) is 0 Å². The zero-order valence-electron chi connectivity index (χ0n) is 11.7. The minimum atomic E-state index is -0.687. The van der Waals surface area contributed by atoms with E-state index in [9.17, 15) is 14.9 Å². The fourth-order valence-corrected chi connectivity index (χ4v) is 1.54. The number of ether oxygens (including phenoxy) is 2. The smallest absolute Gasteiger partial charge is 0.341 e. The molecule has 7 heteroatoms. The second-order valence-corrected chi connectivity index (χ2v) is 4.14. The number of esters is 1. The van der Waals surface area contributed by atoms with Crippen LogP contribution in [-0.2, 0) is 4.74 Å². The highest BCUT2D eigenvalue weighted by Gasteiger charge is 2.21. The van der Waals surface area contributed by atoms with Crippen molar-refractivity contribution in [2.75, 3.05) is 28.3 Å². The third kappa shape index (κ3) is 3.47. The lowest BCUT2D eigenvalue weighted by molar-refractivity contribution is -0.385. The third-order valence-electron chi connectivity index (χ3n) is 2.50. The minimum absolute atomic E-state index is 0.0173. The van der Waals surface area contributed by atoms with Crippen LogP contribution in [0.4, 0.5) is 5.69 Å². The van der Waals surface area contributed by atoms with Crippen LogP contribution < -0.4 is 4.74 Å². The van der Waals surface area contributed by atoms with Gasteiger partial charge >= 0.3 is 5.97 Å². The first-order valence-corrected chi connectivity index (χ1v) is 5.70. The summed E-state index contributed by atoms with van der Waals surface area (Å²) < 4.78 is 9.66. The number of nitro groups is 1. The Morgan fingerprint density at radius 2 is 2.00 bits per heavy atom. The molecule has 0 spiro atoms. The average molecular weight is 280 g/mol. The van der Waals surface area contributed by atoms with Gasteiger partial charge in [-0.15, -0.1) is 0 Å². The van der Waals surface area contributed by atoms with Gasteiger partial charge in [0, 0.05) is 20.2 Å². The van der Waals surface area contributed by atoms with Crippen molar-refractivity contribution in [3.05, 3.63) is 39.6 Å². The maximum Gasteiger partial charge on any atom is 0.341 e. The molecule has 0 N–H and O–H groups in total. The highest BCUT2D eigenvalue weighted by molar-refractivity contribution is 5.94. The van der Waals surface area contributed by atoms with Gasteiger partial charge in [-0.25, -0.2) is 4.79 Å². The maximum atomic E-state index is 11.6. The normalized spacial score (nSPS) is 10.4. The topological polar surface area (TPSA) is 81.9 Å². The highest BCUT2D eigenvalue weighted by atomic mass is 16.6. The minimum Gasteiger partial charge on any atom is -0.496 e. The molecule has 0 bridgehead atoms. The number of rotatable bonds is 5. The van der Waals surface area contributed by atoms with Crippen molar-refractivity contribution in [1.29, 1.82) is 0 Å². The Balaban J connectivity index is 3.45. The van der Waals surface area contributed by atoms with Crippen molar-refractivity contribution in [1.82, 2.24) is 4.90 Å². The Morgan fingerprint density at radius 1 is 1.35 bits per heavy atom. The maximum absolute atomic E-state index is 11.6. The molecule has 0 fully saturated rings. The summed E-state index contributed by atoms with van der Waals surface area (Å²) >= 11 is 0. The predicted molar refractivity (Wildman–Crippen MR) is 73.7 cm³/mol. The van der Waals surface area contributed by atoms with Gasteiger partial charge in [0.15, 0.2) is 0 Å². The first-order chi connectivity index (χ1) is 9.40. The van der Waals surface area contributed by atoms with E-state index in [1.165, 1.54) is 20.3 Å². The Bertz CT molecular complexity index is 552. The first-order valence-electron chi connectivity index (χ1n) is 5.70. The number of nitrogens with zero attached hydrogens (tertiary/aromatic N) is 2. The lowest BCUT2D eigenvalue weighted by Crippen LogP contribution is -2.06. The summed E-state index contributed by atoms with van der Waals surface area (Å²) in [5.41, 5.74) is 0.168. The molecule has 20 heavy (non-hydrogen) atoms. The number of hydrogen-bond donors (Lipinski definition) is 0. The van der Waals surface area contributed by atoms with Gasteiger partial charge < -0.3 is 14.4 Å². The number of hydrogen-bond acceptors (Lipinski definition) is 6. The van der Waals surface area contributed by atoms with Gasteiger partial charge in [-0.3, -0.25) is 10.1 Å². The molecule has 108 valence electrons. The third-order valence-corrected chi connectivity index (χ3v) is 2.50. The first kappa shape index (κ1) is 15.5. The summed E-state index contributed by atoms with van der Waals surface area (Å²) in [6.45, 7) is 0. The molecule has 0 unspecified atom stereocenters. The number of methoxy groups -OCH3 is 2. The van der Waals surface area contributed by atoms with Gasteiger partial charge in [0.05, 0.1) is 24.7 Å². The van der Waals surface area contributed by atoms with Crippen LogP contribution in [0.15, 0.2) is 18.3 Å². The molecular formula is C13H16N2O5. The fourth-order valence-electron chi connectivity index (χ4n) is 1.54. The molecule has 0 atom stereocenters. The zero-order valence-corrected chi connectivity index (χ0v) is 11.7. The van der Waals surface area contributed by atoms with E-state index in [0.717, 1.165) is 6.07 Å². The van der Waals surface area contributed by atoms with Crippen LogP contribution in [0.25, 0.3) is 6.08 Å². The van der Waals surface area contributed by atoms with E-state index in [1.54, 1.807) is 31.3 Å². The molecule has 0 aliphatic rings. The van der Waals surface area contributed by atoms with Crippen LogP contribution >= 0.6 is 0 Å². The number of carbonyl (C=O) groups excluding carboxylic acids is 1. The van der Waals surface area contributed by atoms with Crippen molar-refractivity contribution in [2.24, 2.45) is 0 Å². The van der Waals surface area contributed by atoms with Crippen molar-refractivity contribution in [2.45, 2.75) is 0 Å². The van der Waals surface area contributed by atoms with E-state index < -0.39 is 10.9 Å². The summed E-state index contributed by atoms with van der Waals surface area (Å²) in [6, 6.07) is 2.59. The van der Waals surface area contributed by atoms with Gasteiger partial charge in [0.2, 0.25) is 0 Å². The van der Waals surface area contributed by atoms with Crippen LogP contribution in [0.5, 0.6) is 5.75 Å². The lowest BCUT2D eigenvalue weighted by Gasteiger charge is -2.09. The molecule has 1 aromatic carbocycles. The summed E-state index contributed by atoms with van der Waals surface area (Å²) in [7, 11) is 6.17. The largest absolute Gasteiger partial charge is 0.496 e. The Hall–Kier alpha value is -2.57. The molecule has 0 aromatic heterocycles. The highest BCUT2D eigenvalue weighted by Crippen LogP contribution is 2.30. The van der Waals surface area contributed by atoms with Gasteiger partial charge in [0.1, 0.15) is 11.3 Å². The number of benzene rings is 1. The Labute approximate surface area is 116 Å². The molecule has 0 radical (unpaired) electrons. The van der Waals surface area contributed by atoms with Crippen LogP contribution in [0.3, 0.4) is 0 Å². The molecular weight excluding hydrogens is 264 g/mol. The van der Waals surface area contributed by atoms with Crippen molar-refractivity contribution in [3.8, 4) is 5.75 Å². The molecule has 0 aliphatic carbocycles. The molecule has 0 saturated carbocycles. The van der Waals surface area contributed by atoms with Crippen LogP contribution in [0, 0.1) is 10.1 Å². The van der Waals surface area contributed by atoms with Gasteiger partial charge in [-0.2, -0.15) is 0 Å². The second-order valence-electron chi connectivity index (χ2n) is 4.14. The Kier molecular flexibility index (Phi) is 5.08. The van der Waals surface area contributed by atoms with E-state index in [0.29, 0.717) is 5.56 Å². The molecule has 0 saturated heterocycles. The number of nitro benzene ring substituents is 1. The van der Waals surface area contributed by atoms with Crippen molar-refractivity contribution < 1.29 is 19.2 Å². The van der Waals surface area contributed by atoms with Gasteiger partial charge in [0.25, 0.3) is 5.69 Å². The Morgan fingerprint density at radius 3 is 2.45 bits per heavy atom. The fraction of sp³-hybridized carbons (Fsp3) is 0.308. The molecule has 1 aromatic rings. The quantitative estimate of drug-likeness (QED) is 0.465. The summed E-state index contributed by atoms with van der Waals surface area (Å²) in [5.74, 6) is -0.464. The second kappa shape index (κ2) is 6.55. The monoisotopic (exact) mass is 280 g/mol. The predicted octanol–water partition coefficient (Wildman–Crippen LogP) is 1.92. The van der Waals surface area contributed by atoms with E-state index in [2.05, 4.69) is 4.74 Å². The van der Waals surface area contributed by atoms with E-state index in [-0.39, 0.29) is 17.0 Å². The van der Waals surface area contributed by atoms with Crippen LogP contribution in [-0.4, -0.2) is 44.1 Å². The van der Waals surface area contributed by atoms with Gasteiger partial charge in [-0.1, -0.05) is 0 Å². The molecule has 7 nitrogen and oxygen atoms in total. The van der Waals surface area contributed by atoms with E-state index in [4.69, 9.17) is 4.74 Å². The van der Waals surface area contributed by atoms with E-state index >= 15 is 0 Å². The molecule has 0 amide bonds. The summed E-state index contributed by atoms with van der Waals surface area (Å²) in [5, 5.41) is 11.1. The van der Waals surface area contributed by atoms with Crippen LogP contribution in [0.1, 0.15) is 15.9 Å². The standard InChI is InChI=1S/C13H16N2O5/c1-14(2)6-5-9-7-12(19-3)10(13(16)20-4)8-11(9)15(17)18/h5-8H,1-4H3/b6-5+. The zero-order chi connectivity index (χ0) is 15.3. The average Bonchev–Trinajstić information content (AvgIpc) is 2.42.